The lowest BCUT2D eigenvalue weighted by Gasteiger charge is -2.13. The molecule has 0 amide bonds. The second-order valence-corrected chi connectivity index (χ2v) is 5.68. The van der Waals surface area contributed by atoms with Crippen LogP contribution in [0.15, 0.2) is 23.0 Å². The van der Waals surface area contributed by atoms with Crippen molar-refractivity contribution in [2.75, 3.05) is 12.3 Å². The van der Waals surface area contributed by atoms with Gasteiger partial charge in [-0.3, -0.25) is 4.79 Å². The third-order valence-electron chi connectivity index (χ3n) is 3.10. The van der Waals surface area contributed by atoms with Gasteiger partial charge in [-0.05, 0) is 12.1 Å². The molecule has 3 N–H and O–H groups in total. The number of nitrogens with two attached hydrogens (primary N) is 1. The van der Waals surface area contributed by atoms with Crippen molar-refractivity contribution in [2.24, 2.45) is 7.05 Å². The van der Waals surface area contributed by atoms with Crippen molar-refractivity contribution in [3.63, 3.8) is 0 Å². The molecule has 1 heterocycles. The number of rotatable bonds is 4. The fourth-order valence-corrected chi connectivity index (χ4v) is 2.47. The van der Waals surface area contributed by atoms with E-state index < -0.39 is 0 Å². The summed E-state index contributed by atoms with van der Waals surface area (Å²) < 4.78 is 6.73. The number of ether oxygens (including phenoxy) is 1. The summed E-state index contributed by atoms with van der Waals surface area (Å²) in [4.78, 5) is 12.0. The van der Waals surface area contributed by atoms with Crippen LogP contribution in [0.2, 0.25) is 10.0 Å². The van der Waals surface area contributed by atoms with Crippen molar-refractivity contribution < 1.29 is 9.84 Å². The van der Waals surface area contributed by atoms with Crippen LogP contribution in [-0.2, 0) is 7.05 Å². The van der Waals surface area contributed by atoms with Gasteiger partial charge >= 0.3 is 0 Å². The molecule has 118 valence electrons. The van der Waals surface area contributed by atoms with Crippen LogP contribution in [0.3, 0.4) is 0 Å². The summed E-state index contributed by atoms with van der Waals surface area (Å²) in [6.45, 7) is 1.56. The number of halogens is 2. The number of nitrogen functional groups attached to an aromatic ring is 1. The quantitative estimate of drug-likeness (QED) is 0.832. The number of anilines is 1. The summed E-state index contributed by atoms with van der Waals surface area (Å²) in [7, 11) is 1.50. The Balaban J connectivity index is 2.47. The van der Waals surface area contributed by atoms with Gasteiger partial charge in [0, 0.05) is 36.9 Å². The summed E-state index contributed by atoms with van der Waals surface area (Å²) in [5.74, 6) is -0.00123. The van der Waals surface area contributed by atoms with Crippen LogP contribution in [0.25, 0.3) is 0 Å². The molecular weight excluding hydrogens is 329 g/mol. The van der Waals surface area contributed by atoms with Gasteiger partial charge in [-0.1, -0.05) is 30.1 Å². The van der Waals surface area contributed by atoms with Crippen molar-refractivity contribution in [1.82, 2.24) is 9.78 Å². The summed E-state index contributed by atoms with van der Waals surface area (Å²) in [6.07, 6.45) is 0. The Morgan fingerprint density at radius 2 is 1.95 bits per heavy atom. The number of aromatic nitrogens is 2. The predicted molar refractivity (Wildman–Crippen MR) is 85.9 cm³/mol. The maximum absolute atomic E-state index is 12.0. The van der Waals surface area contributed by atoms with E-state index in [0.717, 1.165) is 4.68 Å². The normalized spacial score (nSPS) is 12.2. The molecule has 22 heavy (non-hydrogen) atoms. The number of aliphatic hydroxyl groups excluding tert-OH is 1. The monoisotopic (exact) mass is 343 g/mol. The first kappa shape index (κ1) is 16.6. The van der Waals surface area contributed by atoms with Gasteiger partial charge in [0.05, 0.1) is 10.0 Å². The molecule has 0 aliphatic carbocycles. The number of aliphatic hydroxyl groups is 1. The molecule has 1 atom stereocenters. The number of benzene rings is 1. The van der Waals surface area contributed by atoms with Crippen molar-refractivity contribution in [3.05, 3.63) is 44.2 Å². The van der Waals surface area contributed by atoms with E-state index in [2.05, 4.69) is 5.10 Å². The highest BCUT2D eigenvalue weighted by atomic mass is 35.5. The van der Waals surface area contributed by atoms with Crippen LogP contribution >= 0.6 is 23.2 Å². The van der Waals surface area contributed by atoms with Gasteiger partial charge in [-0.25, -0.2) is 4.68 Å². The largest absolute Gasteiger partial charge is 0.434 e. The first-order chi connectivity index (χ1) is 10.3. The van der Waals surface area contributed by atoms with Crippen LogP contribution in [0, 0.1) is 0 Å². The van der Waals surface area contributed by atoms with Crippen molar-refractivity contribution in [1.29, 1.82) is 0 Å². The van der Waals surface area contributed by atoms with Gasteiger partial charge in [0.2, 0.25) is 5.88 Å². The van der Waals surface area contributed by atoms with Gasteiger partial charge in [0.25, 0.3) is 5.56 Å². The predicted octanol–water partition coefficient (Wildman–Crippen LogP) is 2.56. The Labute approximate surface area is 137 Å². The third kappa shape index (κ3) is 3.35. The molecule has 0 radical (unpaired) electrons. The minimum Gasteiger partial charge on any atom is -0.434 e. The van der Waals surface area contributed by atoms with E-state index in [1.54, 1.807) is 6.92 Å². The number of hydrogen-bond donors (Lipinski definition) is 2. The fourth-order valence-electron chi connectivity index (χ4n) is 1.89. The van der Waals surface area contributed by atoms with Crippen molar-refractivity contribution in [3.8, 4) is 11.6 Å². The lowest BCUT2D eigenvalue weighted by atomic mass is 10.1. The van der Waals surface area contributed by atoms with E-state index in [-0.39, 0.29) is 39.8 Å². The third-order valence-corrected chi connectivity index (χ3v) is 3.66. The zero-order chi connectivity index (χ0) is 16.4. The minimum atomic E-state index is -0.346. The molecule has 1 aromatic heterocycles. The summed E-state index contributed by atoms with van der Waals surface area (Å²) >= 11 is 12.1. The highest BCUT2D eigenvalue weighted by Crippen LogP contribution is 2.37. The molecular formula is C14H15Cl2N3O3. The Kier molecular flexibility index (Phi) is 4.95. The van der Waals surface area contributed by atoms with Gasteiger partial charge in [-0.2, -0.15) is 0 Å². The molecule has 0 saturated heterocycles. The Morgan fingerprint density at radius 1 is 1.36 bits per heavy atom. The lowest BCUT2D eigenvalue weighted by Crippen LogP contribution is -2.25. The molecule has 0 bridgehead atoms. The second kappa shape index (κ2) is 6.56. The summed E-state index contributed by atoms with van der Waals surface area (Å²) in [5.41, 5.74) is 6.13. The van der Waals surface area contributed by atoms with E-state index in [0.29, 0.717) is 11.3 Å². The van der Waals surface area contributed by atoms with Crippen molar-refractivity contribution >= 4 is 28.9 Å². The van der Waals surface area contributed by atoms with Crippen LogP contribution < -0.4 is 16.0 Å². The Bertz CT molecular complexity index is 738. The van der Waals surface area contributed by atoms with Crippen LogP contribution in [-0.4, -0.2) is 21.5 Å². The van der Waals surface area contributed by atoms with E-state index in [1.165, 1.54) is 25.2 Å². The molecule has 1 aromatic carbocycles. The molecule has 8 heteroatoms. The van der Waals surface area contributed by atoms with E-state index in [9.17, 15) is 9.90 Å². The zero-order valence-corrected chi connectivity index (χ0v) is 13.5. The van der Waals surface area contributed by atoms with Crippen LogP contribution in [0.4, 0.5) is 5.69 Å². The smallest absolute Gasteiger partial charge is 0.270 e. The average Bonchev–Trinajstić information content (AvgIpc) is 2.45. The second-order valence-electron chi connectivity index (χ2n) is 4.87. The molecule has 6 nitrogen and oxygen atoms in total. The van der Waals surface area contributed by atoms with Gasteiger partial charge < -0.3 is 15.6 Å². The Morgan fingerprint density at radius 3 is 2.50 bits per heavy atom. The van der Waals surface area contributed by atoms with E-state index in [1.807, 2.05) is 0 Å². The van der Waals surface area contributed by atoms with Crippen LogP contribution in [0.1, 0.15) is 18.4 Å². The molecule has 1 unspecified atom stereocenters. The average molecular weight is 344 g/mol. The maximum atomic E-state index is 12.0. The number of aryl methyl sites for hydroxylation is 1. The highest BCUT2D eigenvalue weighted by molar-refractivity contribution is 6.37. The minimum absolute atomic E-state index is 0.144. The zero-order valence-electron chi connectivity index (χ0n) is 12.0. The summed E-state index contributed by atoms with van der Waals surface area (Å²) in [6, 6.07) is 4.47. The molecule has 0 aliphatic heterocycles. The van der Waals surface area contributed by atoms with E-state index >= 15 is 0 Å². The van der Waals surface area contributed by atoms with Gasteiger partial charge in [-0.15, -0.1) is 5.10 Å². The van der Waals surface area contributed by atoms with E-state index in [4.69, 9.17) is 33.7 Å². The maximum Gasteiger partial charge on any atom is 0.270 e. The first-order valence-corrected chi connectivity index (χ1v) is 7.20. The number of nitrogens with zero attached hydrogens (tertiary/aromatic N) is 2. The number of hydrogen-bond acceptors (Lipinski definition) is 5. The Hall–Kier alpha value is -1.76. The van der Waals surface area contributed by atoms with Gasteiger partial charge in [0.15, 0.2) is 5.75 Å². The lowest BCUT2D eigenvalue weighted by molar-refractivity contribution is 0.271. The van der Waals surface area contributed by atoms with Gasteiger partial charge in [0.1, 0.15) is 0 Å². The highest BCUT2D eigenvalue weighted by Gasteiger charge is 2.16. The molecule has 2 aromatic rings. The molecule has 0 saturated carbocycles. The SMILES string of the molecule is CC(CO)c1cc(Oc2c(Cl)cc(N)cc2Cl)nn(C)c1=O. The molecule has 2 rings (SSSR count). The van der Waals surface area contributed by atoms with Crippen LogP contribution in [0.5, 0.6) is 11.6 Å². The fraction of sp³-hybridized carbons (Fsp3) is 0.286. The summed E-state index contributed by atoms with van der Waals surface area (Å²) in [5, 5.41) is 13.7. The standard InChI is InChI=1S/C14H15Cl2N3O3/c1-7(6-20)9-5-12(18-19(2)14(9)21)22-13-10(15)3-8(17)4-11(13)16/h3-5,7,20H,6,17H2,1-2H3. The molecule has 0 spiro atoms. The first-order valence-electron chi connectivity index (χ1n) is 6.45. The molecule has 0 fully saturated rings. The topological polar surface area (TPSA) is 90.4 Å². The van der Waals surface area contributed by atoms with Crippen molar-refractivity contribution in [2.45, 2.75) is 12.8 Å². The molecule has 0 aliphatic rings.